The molecule has 7 nitrogen and oxygen atoms in total. The Labute approximate surface area is 184 Å². The van der Waals surface area contributed by atoms with Gasteiger partial charge in [0.2, 0.25) is 0 Å². The molecule has 1 aliphatic carbocycles. The Balaban J connectivity index is 1.41. The van der Waals surface area contributed by atoms with Gasteiger partial charge in [0.1, 0.15) is 12.1 Å². The number of nitrogens with zero attached hydrogens (tertiary/aromatic N) is 5. The third kappa shape index (κ3) is 3.92. The van der Waals surface area contributed by atoms with Gasteiger partial charge in [-0.1, -0.05) is 60.7 Å². The third-order valence-electron chi connectivity index (χ3n) is 5.65. The summed E-state index contributed by atoms with van der Waals surface area (Å²) in [5.41, 5.74) is 3.61. The van der Waals surface area contributed by atoms with Gasteiger partial charge in [0, 0.05) is 19.1 Å². The number of allylic oxidation sites excluding steroid dienone is 2. The molecule has 7 heteroatoms. The maximum Gasteiger partial charge on any atom is 0.183 e. The molecule has 0 amide bonds. The van der Waals surface area contributed by atoms with Crippen LogP contribution in [0.5, 0.6) is 0 Å². The van der Waals surface area contributed by atoms with Crippen molar-refractivity contribution in [3.05, 3.63) is 95.8 Å². The van der Waals surface area contributed by atoms with Crippen molar-refractivity contribution in [1.82, 2.24) is 19.5 Å². The number of hydrogen-bond acceptors (Lipinski definition) is 6. The second kappa shape index (κ2) is 8.55. The van der Waals surface area contributed by atoms with E-state index in [1.807, 2.05) is 65.2 Å². The first-order chi connectivity index (χ1) is 15.7. The van der Waals surface area contributed by atoms with Crippen LogP contribution in [0.1, 0.15) is 29.9 Å². The van der Waals surface area contributed by atoms with Gasteiger partial charge < -0.3 is 9.67 Å². The van der Waals surface area contributed by atoms with Gasteiger partial charge >= 0.3 is 0 Å². The number of aliphatic hydroxyl groups is 1. The van der Waals surface area contributed by atoms with Crippen molar-refractivity contribution in [2.75, 3.05) is 0 Å². The lowest BCUT2D eigenvalue weighted by Gasteiger charge is -2.22. The van der Waals surface area contributed by atoms with E-state index in [0.717, 1.165) is 11.1 Å². The number of Topliss-reactive ketones (excluding diaryl/α,β-unsaturated/α-hetero) is 1. The van der Waals surface area contributed by atoms with E-state index in [0.29, 0.717) is 36.4 Å². The van der Waals surface area contributed by atoms with Crippen molar-refractivity contribution in [3.63, 3.8) is 0 Å². The lowest BCUT2D eigenvalue weighted by atomic mass is 9.83. The largest absolute Gasteiger partial charge is 0.511 e. The summed E-state index contributed by atoms with van der Waals surface area (Å²) in [4.78, 5) is 30.1. The van der Waals surface area contributed by atoms with Crippen LogP contribution in [0.2, 0.25) is 0 Å². The zero-order chi connectivity index (χ0) is 21.9. The summed E-state index contributed by atoms with van der Waals surface area (Å²) in [7, 11) is 0. The van der Waals surface area contributed by atoms with Crippen LogP contribution in [-0.4, -0.2) is 36.6 Å². The highest BCUT2D eigenvalue weighted by Gasteiger charge is 2.27. The number of hydrogen-bond donors (Lipinski definition) is 1. The summed E-state index contributed by atoms with van der Waals surface area (Å²) in [5.74, 6) is 0.255. The van der Waals surface area contributed by atoms with E-state index >= 15 is 0 Å². The van der Waals surface area contributed by atoms with Crippen LogP contribution in [-0.2, 0) is 11.3 Å². The van der Waals surface area contributed by atoms with Gasteiger partial charge in [-0.05, 0) is 17.0 Å². The number of ketones is 1. The number of carbonyl (C=O) groups is 1. The number of imidazole rings is 1. The smallest absolute Gasteiger partial charge is 0.183 e. The Morgan fingerprint density at radius 1 is 1.00 bits per heavy atom. The predicted molar refractivity (Wildman–Crippen MR) is 122 cm³/mol. The van der Waals surface area contributed by atoms with Crippen LogP contribution in [0.25, 0.3) is 11.2 Å². The van der Waals surface area contributed by atoms with Crippen molar-refractivity contribution < 1.29 is 9.90 Å². The van der Waals surface area contributed by atoms with Crippen LogP contribution in [0, 0.1) is 0 Å². The van der Waals surface area contributed by atoms with E-state index in [9.17, 15) is 9.90 Å². The number of aliphatic hydroxyl groups excluding tert-OH is 1. The average molecular weight is 423 g/mol. The highest BCUT2D eigenvalue weighted by molar-refractivity contribution is 6.15. The number of rotatable bonds is 5. The molecule has 4 aromatic rings. The van der Waals surface area contributed by atoms with Gasteiger partial charge in [-0.25, -0.2) is 19.9 Å². The summed E-state index contributed by atoms with van der Waals surface area (Å²) in [6, 6.07) is 19.8. The molecule has 0 bridgehead atoms. The zero-order valence-corrected chi connectivity index (χ0v) is 17.3. The fourth-order valence-electron chi connectivity index (χ4n) is 4.00. The number of aliphatic imine (C=N–C) groups is 1. The van der Waals surface area contributed by atoms with Crippen LogP contribution in [0.15, 0.2) is 89.6 Å². The highest BCUT2D eigenvalue weighted by atomic mass is 16.3. The molecule has 1 N–H and O–H groups in total. The van der Waals surface area contributed by atoms with Gasteiger partial charge in [-0.2, -0.15) is 0 Å². The molecule has 5 rings (SSSR count). The van der Waals surface area contributed by atoms with E-state index in [4.69, 9.17) is 0 Å². The Morgan fingerprint density at radius 3 is 2.50 bits per heavy atom. The summed E-state index contributed by atoms with van der Waals surface area (Å²) in [6.07, 6.45) is 5.28. The molecule has 1 atom stereocenters. The molecule has 0 saturated carbocycles. The van der Waals surface area contributed by atoms with E-state index in [1.54, 1.807) is 6.33 Å². The molecule has 1 unspecified atom stereocenters. The molecule has 0 aliphatic heterocycles. The lowest BCUT2D eigenvalue weighted by molar-refractivity contribution is -0.116. The minimum Gasteiger partial charge on any atom is -0.511 e. The summed E-state index contributed by atoms with van der Waals surface area (Å²) < 4.78 is 1.93. The van der Waals surface area contributed by atoms with Gasteiger partial charge in [-0.15, -0.1) is 0 Å². The Bertz CT molecular complexity index is 1330. The van der Waals surface area contributed by atoms with E-state index < -0.39 is 0 Å². The topological polar surface area (TPSA) is 93.3 Å². The summed E-state index contributed by atoms with van der Waals surface area (Å²) in [6.45, 7) is 0.628. The number of benzene rings is 2. The van der Waals surface area contributed by atoms with Crippen LogP contribution >= 0.6 is 0 Å². The first kappa shape index (κ1) is 19.8. The normalized spacial score (nSPS) is 16.9. The molecular formula is C25H21N5O2. The average Bonchev–Trinajstić information content (AvgIpc) is 3.23. The van der Waals surface area contributed by atoms with Crippen LogP contribution in [0.4, 0.5) is 5.82 Å². The second-order valence-electron chi connectivity index (χ2n) is 7.79. The van der Waals surface area contributed by atoms with Crippen molar-refractivity contribution in [3.8, 4) is 0 Å². The molecular weight excluding hydrogens is 402 g/mol. The van der Waals surface area contributed by atoms with Gasteiger partial charge in [-0.3, -0.25) is 4.79 Å². The molecule has 0 spiro atoms. The van der Waals surface area contributed by atoms with Crippen molar-refractivity contribution in [2.24, 2.45) is 4.99 Å². The van der Waals surface area contributed by atoms with Crippen molar-refractivity contribution >= 4 is 29.0 Å². The lowest BCUT2D eigenvalue weighted by Crippen LogP contribution is -2.19. The fraction of sp³-hybridized carbons (Fsp3) is 0.160. The van der Waals surface area contributed by atoms with Crippen LogP contribution < -0.4 is 0 Å². The minimum absolute atomic E-state index is 0.0275. The molecule has 0 fully saturated rings. The number of aromatic nitrogens is 4. The van der Waals surface area contributed by atoms with Crippen molar-refractivity contribution in [2.45, 2.75) is 25.3 Å². The maximum absolute atomic E-state index is 12.7. The van der Waals surface area contributed by atoms with Crippen molar-refractivity contribution in [1.29, 1.82) is 0 Å². The third-order valence-corrected chi connectivity index (χ3v) is 5.65. The molecule has 32 heavy (non-hydrogen) atoms. The maximum atomic E-state index is 12.7. The van der Waals surface area contributed by atoms with E-state index in [-0.39, 0.29) is 23.0 Å². The monoisotopic (exact) mass is 423 g/mol. The highest BCUT2D eigenvalue weighted by Crippen LogP contribution is 2.33. The summed E-state index contributed by atoms with van der Waals surface area (Å²) in [5, 5.41) is 10.5. The second-order valence-corrected chi connectivity index (χ2v) is 7.79. The predicted octanol–water partition coefficient (Wildman–Crippen LogP) is 4.54. The molecule has 0 radical (unpaired) electrons. The SMILES string of the molecule is O=C1CC(c2ccccc2)CC(O)=C1/C=N/c1ncnc2c1ncn2Cc1ccccc1. The first-order valence-electron chi connectivity index (χ1n) is 10.4. The van der Waals surface area contributed by atoms with Crippen LogP contribution in [0.3, 0.4) is 0 Å². The zero-order valence-electron chi connectivity index (χ0n) is 17.3. The minimum atomic E-state index is -0.133. The molecule has 1 aliphatic rings. The number of carbonyl (C=O) groups excluding carboxylic acids is 1. The fourth-order valence-corrected chi connectivity index (χ4v) is 4.00. The van der Waals surface area contributed by atoms with Gasteiger partial charge in [0.25, 0.3) is 0 Å². The van der Waals surface area contributed by atoms with E-state index in [1.165, 1.54) is 12.5 Å². The first-order valence-corrected chi connectivity index (χ1v) is 10.4. The Hall–Kier alpha value is -4.13. The Kier molecular flexibility index (Phi) is 5.29. The quantitative estimate of drug-likeness (QED) is 0.476. The molecule has 0 saturated heterocycles. The van der Waals surface area contributed by atoms with Gasteiger partial charge in [0.05, 0.1) is 18.4 Å². The molecule has 158 valence electrons. The van der Waals surface area contributed by atoms with Gasteiger partial charge in [0.15, 0.2) is 22.8 Å². The molecule has 2 heterocycles. The Morgan fingerprint density at radius 2 is 1.75 bits per heavy atom. The van der Waals surface area contributed by atoms with E-state index in [2.05, 4.69) is 19.9 Å². The molecule has 2 aromatic heterocycles. The summed E-state index contributed by atoms with van der Waals surface area (Å²) >= 11 is 0. The molecule has 2 aromatic carbocycles. The standard InChI is InChI=1S/C25H21N5O2/c31-21-11-19(18-9-5-2-6-10-18)12-22(32)20(21)13-26-24-23-25(28-15-27-24)30(16-29-23)14-17-7-3-1-4-8-17/h1-10,13,15-16,19,31H,11-12,14H2/b26-13+. The number of fused-ring (bicyclic) bond motifs is 1.